The number of unbranched alkanes of at least 4 members (excludes halogenated alkanes) is 1. The Morgan fingerprint density at radius 2 is 1.73 bits per heavy atom. The Labute approximate surface area is 224 Å². The number of phenols is 1. The van der Waals surface area contributed by atoms with E-state index in [1.54, 1.807) is 22.2 Å². The van der Waals surface area contributed by atoms with Gasteiger partial charge in [-0.1, -0.05) is 45.5 Å². The molecular formula is C28H39N7OS. The van der Waals surface area contributed by atoms with Crippen molar-refractivity contribution in [2.75, 3.05) is 36.0 Å². The van der Waals surface area contributed by atoms with Gasteiger partial charge in [0.05, 0.1) is 16.3 Å². The van der Waals surface area contributed by atoms with Crippen molar-refractivity contribution in [2.24, 2.45) is 15.5 Å². The molecular weight excluding hydrogens is 482 g/mol. The van der Waals surface area contributed by atoms with E-state index in [-0.39, 0.29) is 11.2 Å². The first-order valence-electron chi connectivity index (χ1n) is 13.3. The molecule has 0 fully saturated rings. The van der Waals surface area contributed by atoms with Gasteiger partial charge in [0.2, 0.25) is 5.82 Å². The summed E-state index contributed by atoms with van der Waals surface area (Å²) in [6.45, 7) is 18.8. The molecule has 198 valence electrons. The zero-order valence-electron chi connectivity index (χ0n) is 23.1. The Hall–Kier alpha value is -3.20. The van der Waals surface area contributed by atoms with Gasteiger partial charge in [0.15, 0.2) is 5.82 Å². The highest BCUT2D eigenvalue weighted by Gasteiger charge is 2.35. The van der Waals surface area contributed by atoms with Gasteiger partial charge in [-0.3, -0.25) is 0 Å². The van der Waals surface area contributed by atoms with Crippen LogP contribution in [0, 0.1) is 5.41 Å². The number of benzene rings is 1. The predicted octanol–water partition coefficient (Wildman–Crippen LogP) is 6.57. The number of rotatable bonds is 10. The summed E-state index contributed by atoms with van der Waals surface area (Å²) in [5.41, 5.74) is 2.96. The normalized spacial score (nSPS) is 14.2. The second-order valence-corrected chi connectivity index (χ2v) is 11.3. The van der Waals surface area contributed by atoms with Crippen LogP contribution in [0.4, 0.5) is 15.7 Å². The highest BCUT2D eigenvalue weighted by Crippen LogP contribution is 2.36. The van der Waals surface area contributed by atoms with E-state index < -0.39 is 0 Å². The first-order valence-corrected chi connectivity index (χ1v) is 14.1. The molecule has 1 aliphatic rings. The first-order chi connectivity index (χ1) is 17.7. The zero-order valence-corrected chi connectivity index (χ0v) is 23.9. The molecule has 0 aliphatic carbocycles. The number of thiophene rings is 1. The Morgan fingerprint density at radius 1 is 1.00 bits per heavy atom. The minimum Gasteiger partial charge on any atom is -0.507 e. The monoisotopic (exact) mass is 521 g/mol. The summed E-state index contributed by atoms with van der Waals surface area (Å²) >= 11 is 1.69. The third-order valence-electron chi connectivity index (χ3n) is 6.56. The van der Waals surface area contributed by atoms with Gasteiger partial charge in [-0.15, -0.1) is 9.89 Å². The lowest BCUT2D eigenvalue weighted by Gasteiger charge is -2.21. The Bertz CT molecular complexity index is 1290. The quantitative estimate of drug-likeness (QED) is 0.326. The third-order valence-corrected chi connectivity index (χ3v) is 7.60. The fourth-order valence-electron chi connectivity index (χ4n) is 4.41. The number of aliphatic imine (C=N–C) groups is 1. The number of aromatic nitrogens is 3. The van der Waals surface area contributed by atoms with Gasteiger partial charge in [0, 0.05) is 37.3 Å². The van der Waals surface area contributed by atoms with E-state index in [1.807, 2.05) is 12.1 Å². The van der Waals surface area contributed by atoms with Crippen molar-refractivity contribution in [1.82, 2.24) is 14.9 Å². The molecule has 3 heterocycles. The molecule has 0 saturated heterocycles. The average Bonchev–Trinajstić information content (AvgIpc) is 3.57. The summed E-state index contributed by atoms with van der Waals surface area (Å²) < 4.78 is 0. The van der Waals surface area contributed by atoms with Gasteiger partial charge >= 0.3 is 0 Å². The van der Waals surface area contributed by atoms with E-state index in [4.69, 9.17) is 15.1 Å². The van der Waals surface area contributed by atoms with Crippen LogP contribution in [0.25, 0.3) is 11.4 Å². The number of hydrogen-bond donors (Lipinski definition) is 1. The van der Waals surface area contributed by atoms with E-state index in [0.717, 1.165) is 48.3 Å². The number of aromatic hydroxyl groups is 1. The van der Waals surface area contributed by atoms with Crippen LogP contribution in [0.2, 0.25) is 0 Å². The average molecular weight is 522 g/mol. The standard InChI is InChI=1S/C28H39N7OS/c1-8-12-17-34(11-4)23-16-15-22(37-23)29-24-25(28(5,6)7)31-35-27(24)30-26(32-35)20-18-19(13-14-21(20)36)33(9-2)10-3/h13-16,18,36H,8-12,17H2,1-7H3/b29-24-. The van der Waals surface area contributed by atoms with Crippen molar-refractivity contribution >= 4 is 38.4 Å². The van der Waals surface area contributed by atoms with Crippen molar-refractivity contribution in [1.29, 1.82) is 0 Å². The van der Waals surface area contributed by atoms with Crippen molar-refractivity contribution < 1.29 is 5.11 Å². The molecule has 37 heavy (non-hydrogen) atoms. The largest absolute Gasteiger partial charge is 0.507 e. The molecule has 1 N–H and O–H groups in total. The maximum absolute atomic E-state index is 10.7. The summed E-state index contributed by atoms with van der Waals surface area (Å²) in [6, 6.07) is 9.80. The van der Waals surface area contributed by atoms with Crippen LogP contribution < -0.4 is 9.80 Å². The van der Waals surface area contributed by atoms with E-state index in [1.165, 1.54) is 17.8 Å². The molecule has 0 radical (unpaired) electrons. The second kappa shape index (κ2) is 11.0. The van der Waals surface area contributed by atoms with E-state index in [2.05, 4.69) is 75.5 Å². The summed E-state index contributed by atoms with van der Waals surface area (Å²) in [6.07, 6.45) is 2.35. The molecule has 9 heteroatoms. The van der Waals surface area contributed by atoms with Crippen molar-refractivity contribution in [3.05, 3.63) is 36.2 Å². The minimum atomic E-state index is -0.233. The number of fused-ring (bicyclic) bond motifs is 1. The van der Waals surface area contributed by atoms with Crippen LogP contribution in [-0.4, -0.2) is 57.6 Å². The lowest BCUT2D eigenvalue weighted by atomic mass is 9.87. The number of hydrogen-bond acceptors (Lipinski definition) is 8. The SMILES string of the molecule is CCCCN(CC)c1ccc(/N=C2/C(C(C)(C)C)=Nn3nc(-c4cc(N(CC)CC)ccc4O)nc32)s1. The smallest absolute Gasteiger partial charge is 0.204 e. The predicted molar refractivity (Wildman–Crippen MR) is 156 cm³/mol. The van der Waals surface area contributed by atoms with Crippen LogP contribution >= 0.6 is 11.3 Å². The van der Waals surface area contributed by atoms with Crippen LogP contribution in [0.5, 0.6) is 5.75 Å². The zero-order chi connectivity index (χ0) is 26.7. The van der Waals surface area contributed by atoms with Gasteiger partial charge in [0.25, 0.3) is 0 Å². The molecule has 2 aromatic heterocycles. The van der Waals surface area contributed by atoms with Crippen LogP contribution in [0.3, 0.4) is 0 Å². The minimum absolute atomic E-state index is 0.147. The highest BCUT2D eigenvalue weighted by molar-refractivity contribution is 7.19. The lowest BCUT2D eigenvalue weighted by Crippen LogP contribution is -2.27. The van der Waals surface area contributed by atoms with E-state index in [0.29, 0.717) is 17.2 Å². The van der Waals surface area contributed by atoms with Crippen LogP contribution in [0.1, 0.15) is 67.1 Å². The fraction of sp³-hybridized carbons (Fsp3) is 0.500. The number of anilines is 2. The second-order valence-electron chi connectivity index (χ2n) is 10.2. The Kier molecular flexibility index (Phi) is 8.02. The first kappa shape index (κ1) is 26.9. The molecule has 0 spiro atoms. The summed E-state index contributed by atoms with van der Waals surface area (Å²) in [5, 5.41) is 22.3. The van der Waals surface area contributed by atoms with Gasteiger partial charge in [-0.2, -0.15) is 5.10 Å². The summed E-state index contributed by atoms with van der Waals surface area (Å²) in [4.78, 5) is 16.1. The number of nitrogens with zero attached hydrogens (tertiary/aromatic N) is 7. The summed E-state index contributed by atoms with van der Waals surface area (Å²) in [7, 11) is 0. The van der Waals surface area contributed by atoms with E-state index >= 15 is 0 Å². The Morgan fingerprint density at radius 3 is 2.38 bits per heavy atom. The van der Waals surface area contributed by atoms with Gasteiger partial charge in [-0.05, 0) is 57.5 Å². The van der Waals surface area contributed by atoms with Gasteiger partial charge in [-0.25, -0.2) is 9.98 Å². The maximum atomic E-state index is 10.7. The molecule has 0 unspecified atom stereocenters. The van der Waals surface area contributed by atoms with Crippen molar-refractivity contribution in [3.63, 3.8) is 0 Å². The molecule has 0 bridgehead atoms. The molecule has 8 nitrogen and oxygen atoms in total. The maximum Gasteiger partial charge on any atom is 0.204 e. The molecule has 0 amide bonds. The van der Waals surface area contributed by atoms with Crippen LogP contribution in [-0.2, 0) is 0 Å². The third kappa shape index (κ3) is 5.56. The molecule has 1 aromatic carbocycles. The molecule has 4 rings (SSSR count). The number of phenolic OH excluding ortho intramolecular Hbond substituents is 1. The summed E-state index contributed by atoms with van der Waals surface area (Å²) in [5.74, 6) is 1.18. The van der Waals surface area contributed by atoms with Crippen molar-refractivity contribution in [2.45, 2.75) is 61.3 Å². The molecule has 3 aromatic rings. The van der Waals surface area contributed by atoms with Gasteiger partial charge < -0.3 is 14.9 Å². The molecule has 0 atom stereocenters. The van der Waals surface area contributed by atoms with Crippen molar-refractivity contribution in [3.8, 4) is 17.1 Å². The highest BCUT2D eigenvalue weighted by atomic mass is 32.1. The van der Waals surface area contributed by atoms with Gasteiger partial charge in [0.1, 0.15) is 16.5 Å². The molecule has 0 saturated carbocycles. The fourth-order valence-corrected chi connectivity index (χ4v) is 5.38. The van der Waals surface area contributed by atoms with E-state index in [9.17, 15) is 5.11 Å². The lowest BCUT2D eigenvalue weighted by molar-refractivity contribution is 0.477. The Balaban J connectivity index is 1.74. The van der Waals surface area contributed by atoms with Crippen LogP contribution in [0.15, 0.2) is 40.4 Å². The molecule has 1 aliphatic heterocycles. The topological polar surface area (TPSA) is 82.1 Å².